The number of hydrogen-bond acceptors (Lipinski definition) is 12. The Morgan fingerprint density at radius 3 is 2.28 bits per heavy atom. The van der Waals surface area contributed by atoms with Gasteiger partial charge in [-0.15, -0.1) is 0 Å². The Morgan fingerprint density at radius 2 is 1.78 bits per heavy atom. The van der Waals surface area contributed by atoms with E-state index in [-0.39, 0.29) is 42.3 Å². The SMILES string of the molecule is CC(O)(P(=O)(O)O)P(=O)(O)OP(=O)(O)OC[C@H]1O[C@@H](n2ccc(N)nc2=O)[C@@H](O)[C@@H]1O.[Na]. The first-order chi connectivity index (χ1) is 13.9. The summed E-state index contributed by atoms with van der Waals surface area (Å²) in [5.41, 5.74) is 4.39. The van der Waals surface area contributed by atoms with Crippen LogP contribution in [0.1, 0.15) is 13.2 Å². The number of aromatic nitrogens is 2. The summed E-state index contributed by atoms with van der Waals surface area (Å²) in [6.07, 6.45) is -5.51. The summed E-state index contributed by atoms with van der Waals surface area (Å²) in [7, 11) is -17.1. The molecule has 0 amide bonds. The monoisotopic (exact) mass is 534 g/mol. The second-order valence-electron chi connectivity index (χ2n) is 6.47. The van der Waals surface area contributed by atoms with Crippen molar-refractivity contribution in [2.24, 2.45) is 0 Å². The van der Waals surface area contributed by atoms with E-state index in [0.29, 0.717) is 0 Å². The largest absolute Gasteiger partial charge is 0.479 e. The van der Waals surface area contributed by atoms with Crippen LogP contribution >= 0.6 is 23.0 Å². The topological polar surface area (TPSA) is 281 Å². The van der Waals surface area contributed by atoms with E-state index in [0.717, 1.165) is 10.8 Å². The molecule has 0 bridgehead atoms. The number of nitrogens with two attached hydrogens (primary N) is 1. The van der Waals surface area contributed by atoms with Gasteiger partial charge in [-0.3, -0.25) is 18.2 Å². The van der Waals surface area contributed by atoms with Gasteiger partial charge in [-0.25, -0.2) is 13.7 Å². The number of phosphoric ester groups is 1. The first-order valence-corrected chi connectivity index (χ1v) is 12.7. The molecule has 1 saturated heterocycles. The molecule has 21 heteroatoms. The number of rotatable bonds is 8. The predicted molar refractivity (Wildman–Crippen MR) is 104 cm³/mol. The molecule has 32 heavy (non-hydrogen) atoms. The van der Waals surface area contributed by atoms with Gasteiger partial charge in [-0.1, -0.05) is 0 Å². The number of nitrogens with zero attached hydrogens (tertiary/aromatic N) is 2. The van der Waals surface area contributed by atoms with Gasteiger partial charge in [0.25, 0.3) is 5.08 Å². The number of aliphatic hydroxyl groups excluding tert-OH is 2. The number of ether oxygens (including phenoxy) is 1. The van der Waals surface area contributed by atoms with Gasteiger partial charge in [0.2, 0.25) is 0 Å². The maximum Gasteiger partial charge on any atom is 0.479 e. The third-order valence-corrected chi connectivity index (χ3v) is 10.1. The fourth-order valence-electron chi connectivity index (χ4n) is 2.29. The number of aliphatic hydroxyl groups is 3. The van der Waals surface area contributed by atoms with Gasteiger partial charge >= 0.3 is 28.7 Å². The molecule has 1 radical (unpaired) electrons. The Labute approximate surface area is 201 Å². The second-order valence-corrected chi connectivity index (χ2v) is 12.5. The van der Waals surface area contributed by atoms with Crippen molar-refractivity contribution in [2.45, 2.75) is 36.5 Å². The van der Waals surface area contributed by atoms with Crippen molar-refractivity contribution in [2.75, 3.05) is 12.3 Å². The zero-order valence-electron chi connectivity index (χ0n) is 16.5. The summed E-state index contributed by atoms with van der Waals surface area (Å²) in [6.45, 7) is -0.852. The van der Waals surface area contributed by atoms with E-state index in [4.69, 9.17) is 20.3 Å². The summed E-state index contributed by atoms with van der Waals surface area (Å²) in [5.74, 6) is -0.132. The zero-order valence-corrected chi connectivity index (χ0v) is 21.2. The Morgan fingerprint density at radius 1 is 1.22 bits per heavy atom. The molecule has 1 aliphatic rings. The Balaban J connectivity index is 0.00000512. The van der Waals surface area contributed by atoms with Crippen LogP contribution in [0.25, 0.3) is 0 Å². The summed E-state index contributed by atoms with van der Waals surface area (Å²) in [5, 5.41) is 25.9. The molecule has 0 aliphatic carbocycles. The number of anilines is 1. The molecular formula is C11H20N3NaO14P3. The van der Waals surface area contributed by atoms with Gasteiger partial charge in [0.1, 0.15) is 24.1 Å². The molecule has 3 unspecified atom stereocenters. The molecule has 1 aromatic heterocycles. The van der Waals surface area contributed by atoms with Gasteiger partial charge < -0.3 is 45.4 Å². The Hall–Kier alpha value is -0.0300. The Bertz CT molecular complexity index is 1030. The molecule has 9 N–H and O–H groups in total. The van der Waals surface area contributed by atoms with Gasteiger partial charge in [0.15, 0.2) is 6.23 Å². The standard InChI is InChI=1S/C11H20N3O14P3.Na/c1-11(18,29(19,20)21)30(22,23)28-31(24,25)26-4-5-7(15)8(16)9(27-5)14-3-2-6(12)13-10(14)17;/h2-3,5,7-9,15-16,18H,4H2,1H3,(H,22,23)(H,24,25)(H2,12,13,17)(H2,19,20,21);/t5-,7-,8+,9-,11?;/m1./s1. The van der Waals surface area contributed by atoms with Crippen molar-refractivity contribution >= 4 is 58.4 Å². The summed E-state index contributed by atoms with van der Waals surface area (Å²) < 4.78 is 49.2. The second kappa shape index (κ2) is 10.3. The molecule has 0 aromatic carbocycles. The quantitative estimate of drug-likeness (QED) is 0.124. The molecule has 0 spiro atoms. The first-order valence-electron chi connectivity index (χ1n) is 8.05. The molecule has 1 fully saturated rings. The van der Waals surface area contributed by atoms with Crippen LogP contribution in [0.2, 0.25) is 0 Å². The van der Waals surface area contributed by atoms with Crippen LogP contribution in [-0.4, -0.2) is 104 Å². The average Bonchev–Trinajstić information content (AvgIpc) is 2.86. The molecule has 17 nitrogen and oxygen atoms in total. The first kappa shape index (κ1) is 30.0. The van der Waals surface area contributed by atoms with E-state index >= 15 is 0 Å². The van der Waals surface area contributed by atoms with E-state index in [9.17, 15) is 43.6 Å². The average molecular weight is 534 g/mol. The predicted octanol–water partition coefficient (Wildman–Crippen LogP) is -2.77. The molecule has 7 atom stereocenters. The van der Waals surface area contributed by atoms with Crippen molar-refractivity contribution < 1.29 is 62.2 Å². The third-order valence-electron chi connectivity index (χ3n) is 4.17. The van der Waals surface area contributed by atoms with Crippen LogP contribution in [0.4, 0.5) is 5.82 Å². The van der Waals surface area contributed by atoms with Crippen molar-refractivity contribution in [3.63, 3.8) is 0 Å². The van der Waals surface area contributed by atoms with Crippen LogP contribution in [0, 0.1) is 0 Å². The fourth-order valence-corrected chi connectivity index (χ4v) is 6.20. The van der Waals surface area contributed by atoms with E-state index in [1.54, 1.807) is 0 Å². The molecule has 2 heterocycles. The number of nitrogen functional groups attached to an aromatic ring is 1. The normalized spacial score (nSPS) is 29.4. The van der Waals surface area contributed by atoms with Crippen molar-refractivity contribution in [1.82, 2.24) is 9.55 Å². The molecule has 179 valence electrons. The van der Waals surface area contributed by atoms with E-state index in [2.05, 4.69) is 13.8 Å². The van der Waals surface area contributed by atoms with Crippen molar-refractivity contribution in [3.8, 4) is 0 Å². The maximum atomic E-state index is 11.9. The van der Waals surface area contributed by atoms with Crippen LogP contribution in [-0.2, 0) is 27.3 Å². The van der Waals surface area contributed by atoms with Gasteiger partial charge in [0, 0.05) is 35.8 Å². The van der Waals surface area contributed by atoms with Gasteiger partial charge in [-0.2, -0.15) is 4.98 Å². The molecule has 0 saturated carbocycles. The number of phosphoric acid groups is 1. The smallest absolute Gasteiger partial charge is 0.387 e. The van der Waals surface area contributed by atoms with Crippen molar-refractivity contribution in [3.05, 3.63) is 22.7 Å². The van der Waals surface area contributed by atoms with Crippen LogP contribution in [0.15, 0.2) is 17.1 Å². The molecule has 1 aromatic rings. The maximum absolute atomic E-state index is 11.9. The van der Waals surface area contributed by atoms with Gasteiger partial charge in [0.05, 0.1) is 6.61 Å². The fraction of sp³-hybridized carbons (Fsp3) is 0.636. The van der Waals surface area contributed by atoms with Crippen LogP contribution in [0.3, 0.4) is 0 Å². The molecular weight excluding hydrogens is 514 g/mol. The minimum Gasteiger partial charge on any atom is -0.387 e. The molecule has 2 rings (SSSR count). The van der Waals surface area contributed by atoms with Crippen LogP contribution < -0.4 is 11.4 Å². The van der Waals surface area contributed by atoms with E-state index < -0.39 is 64.9 Å². The minimum absolute atomic E-state index is 0. The van der Waals surface area contributed by atoms with E-state index in [1.807, 2.05) is 0 Å². The number of hydrogen-bond donors (Lipinski definition) is 8. The van der Waals surface area contributed by atoms with Crippen molar-refractivity contribution in [1.29, 1.82) is 0 Å². The van der Waals surface area contributed by atoms with Gasteiger partial charge in [-0.05, 0) is 13.0 Å². The third kappa shape index (κ3) is 6.34. The van der Waals surface area contributed by atoms with E-state index in [1.165, 1.54) is 6.07 Å². The summed E-state index contributed by atoms with van der Waals surface area (Å²) in [4.78, 5) is 52.3. The molecule has 1 aliphatic heterocycles. The zero-order chi connectivity index (χ0) is 24.0. The minimum atomic E-state index is -5.86. The summed E-state index contributed by atoms with van der Waals surface area (Å²) >= 11 is 0. The van der Waals surface area contributed by atoms with Crippen LogP contribution in [0.5, 0.6) is 0 Å². The Kier molecular flexibility index (Phi) is 9.66. The summed E-state index contributed by atoms with van der Waals surface area (Å²) in [6, 6.07) is 1.19.